The Bertz CT molecular complexity index is 1380. The van der Waals surface area contributed by atoms with E-state index >= 15 is 0 Å². The average molecular weight is 639 g/mol. The first-order chi connectivity index (χ1) is 22.1. The van der Waals surface area contributed by atoms with Crippen molar-refractivity contribution in [3.05, 3.63) is 74.2 Å². The Hall–Kier alpha value is -4.15. The number of allylic oxidation sites excluding steroid dienone is 2. The molecule has 11 nitrogen and oxygen atoms in total. The summed E-state index contributed by atoms with van der Waals surface area (Å²) in [6.07, 6.45) is 11.4. The van der Waals surface area contributed by atoms with Crippen LogP contribution in [0.25, 0.3) is 0 Å². The van der Waals surface area contributed by atoms with Crippen molar-refractivity contribution >= 4 is 17.6 Å². The number of benzene rings is 1. The molecule has 0 aliphatic carbocycles. The van der Waals surface area contributed by atoms with E-state index < -0.39 is 28.9 Å². The number of nitro groups is 1. The van der Waals surface area contributed by atoms with E-state index in [4.69, 9.17) is 14.2 Å². The van der Waals surface area contributed by atoms with Crippen molar-refractivity contribution in [3.8, 4) is 5.88 Å². The highest BCUT2D eigenvalue weighted by Gasteiger charge is 2.38. The average Bonchev–Trinajstić information content (AvgIpc) is 3.46. The second-order valence-electron chi connectivity index (χ2n) is 12.1. The molecule has 2 aromatic rings. The molecule has 0 saturated heterocycles. The first-order valence-electron chi connectivity index (χ1n) is 16.6. The summed E-state index contributed by atoms with van der Waals surface area (Å²) >= 11 is 0. The number of non-ortho nitro benzene ring substituents is 1. The molecule has 252 valence electrons. The summed E-state index contributed by atoms with van der Waals surface area (Å²) in [5.41, 5.74) is 2.88. The number of aryl methyl sites for hydroxylation is 1. The van der Waals surface area contributed by atoms with Gasteiger partial charge in [0.15, 0.2) is 0 Å². The van der Waals surface area contributed by atoms with Gasteiger partial charge in [0.1, 0.15) is 0 Å². The summed E-state index contributed by atoms with van der Waals surface area (Å²) < 4.78 is 17.0. The zero-order valence-electron chi connectivity index (χ0n) is 28.0. The van der Waals surface area contributed by atoms with Crippen LogP contribution < -0.4 is 10.1 Å². The van der Waals surface area contributed by atoms with Gasteiger partial charge in [0, 0.05) is 35.3 Å². The van der Waals surface area contributed by atoms with E-state index in [1.165, 1.54) is 44.2 Å². The summed E-state index contributed by atoms with van der Waals surface area (Å²) in [6.45, 7) is 9.91. The fourth-order valence-corrected chi connectivity index (χ4v) is 5.58. The molecule has 0 spiro atoms. The Morgan fingerprint density at radius 1 is 0.913 bits per heavy atom. The highest BCUT2D eigenvalue weighted by molar-refractivity contribution is 6.00. The standard InChI is InChI=1S/C35H50N4O7/c1-6-7-8-9-10-13-18-28-23-30(38-37-28)44-20-14-11-12-15-21-45-34(40)31-25(4)36-26(5)32(35(41)46-24(2)3)33(31)27-17-16-19-29(22-27)39(42)43/h16-17,19,22-24,33,36H,6-15,18,20-21H2,1-5H3,(H,37,38). The van der Waals surface area contributed by atoms with Gasteiger partial charge in [0.25, 0.3) is 5.69 Å². The van der Waals surface area contributed by atoms with Crippen LogP contribution in [-0.2, 0) is 25.5 Å². The lowest BCUT2D eigenvalue weighted by molar-refractivity contribution is -0.384. The predicted octanol–water partition coefficient (Wildman–Crippen LogP) is 7.59. The highest BCUT2D eigenvalue weighted by Crippen LogP contribution is 2.40. The summed E-state index contributed by atoms with van der Waals surface area (Å²) in [6, 6.07) is 7.94. The number of H-pyrrole nitrogens is 1. The molecule has 0 bridgehead atoms. The number of nitrogens with one attached hydrogen (secondary N) is 2. The Morgan fingerprint density at radius 3 is 2.26 bits per heavy atom. The molecule has 1 aromatic heterocycles. The van der Waals surface area contributed by atoms with Gasteiger partial charge in [-0.15, -0.1) is 5.10 Å². The molecule has 1 atom stereocenters. The van der Waals surface area contributed by atoms with Crippen LogP contribution in [-0.4, -0.2) is 46.4 Å². The van der Waals surface area contributed by atoms with Crippen molar-refractivity contribution < 1.29 is 28.7 Å². The first kappa shape index (κ1) is 36.3. The van der Waals surface area contributed by atoms with Crippen LogP contribution >= 0.6 is 0 Å². The minimum Gasteiger partial charge on any atom is -0.477 e. The minimum absolute atomic E-state index is 0.138. The lowest BCUT2D eigenvalue weighted by Gasteiger charge is -2.30. The number of aromatic nitrogens is 2. The maximum Gasteiger partial charge on any atom is 0.337 e. The Kier molecular flexibility index (Phi) is 14.8. The van der Waals surface area contributed by atoms with Gasteiger partial charge in [-0.2, -0.15) is 0 Å². The first-order valence-corrected chi connectivity index (χ1v) is 16.6. The van der Waals surface area contributed by atoms with Gasteiger partial charge in [-0.05, 0) is 71.8 Å². The fourth-order valence-electron chi connectivity index (χ4n) is 5.58. The van der Waals surface area contributed by atoms with Gasteiger partial charge in [-0.25, -0.2) is 9.59 Å². The molecule has 2 N–H and O–H groups in total. The minimum atomic E-state index is -0.884. The number of carbonyl (C=O) groups excluding carboxylic acids is 2. The topological polar surface area (TPSA) is 146 Å². The van der Waals surface area contributed by atoms with Crippen LogP contribution in [0.4, 0.5) is 5.69 Å². The van der Waals surface area contributed by atoms with Crippen molar-refractivity contribution in [2.45, 2.75) is 117 Å². The van der Waals surface area contributed by atoms with E-state index in [9.17, 15) is 19.7 Å². The van der Waals surface area contributed by atoms with E-state index in [2.05, 4.69) is 22.4 Å². The van der Waals surface area contributed by atoms with Gasteiger partial charge in [0.05, 0.1) is 41.3 Å². The normalized spacial score (nSPS) is 14.8. The van der Waals surface area contributed by atoms with Crippen molar-refractivity contribution in [2.24, 2.45) is 0 Å². The number of nitro benzene ring substituents is 1. The number of hydrogen-bond donors (Lipinski definition) is 2. The predicted molar refractivity (Wildman–Crippen MR) is 176 cm³/mol. The Labute approximate surface area is 272 Å². The third kappa shape index (κ3) is 11.0. The molecule has 0 saturated carbocycles. The zero-order valence-corrected chi connectivity index (χ0v) is 28.0. The molecular weight excluding hydrogens is 588 g/mol. The van der Waals surface area contributed by atoms with Gasteiger partial charge >= 0.3 is 11.9 Å². The molecule has 1 aliphatic heterocycles. The van der Waals surface area contributed by atoms with Crippen LogP contribution in [0.3, 0.4) is 0 Å². The summed E-state index contributed by atoms with van der Waals surface area (Å²) in [5.74, 6) is -1.44. The maximum atomic E-state index is 13.5. The van der Waals surface area contributed by atoms with Crippen molar-refractivity contribution in [1.29, 1.82) is 0 Å². The molecule has 11 heteroatoms. The summed E-state index contributed by atoms with van der Waals surface area (Å²) in [7, 11) is 0. The highest BCUT2D eigenvalue weighted by atomic mass is 16.6. The molecule has 1 unspecified atom stereocenters. The number of dihydropyridines is 1. The Morgan fingerprint density at radius 2 is 1.57 bits per heavy atom. The van der Waals surface area contributed by atoms with E-state index in [1.807, 2.05) is 6.07 Å². The zero-order chi connectivity index (χ0) is 33.5. The van der Waals surface area contributed by atoms with Gasteiger partial charge in [0.2, 0.25) is 5.88 Å². The second-order valence-corrected chi connectivity index (χ2v) is 12.1. The van der Waals surface area contributed by atoms with E-state index in [0.717, 1.165) is 37.8 Å². The van der Waals surface area contributed by atoms with Crippen molar-refractivity contribution in [1.82, 2.24) is 15.5 Å². The lowest BCUT2D eigenvalue weighted by Crippen LogP contribution is -2.33. The second kappa shape index (κ2) is 18.7. The largest absolute Gasteiger partial charge is 0.477 e. The molecule has 46 heavy (non-hydrogen) atoms. The van der Waals surface area contributed by atoms with E-state index in [1.54, 1.807) is 39.8 Å². The molecule has 3 rings (SSSR count). The van der Waals surface area contributed by atoms with Crippen molar-refractivity contribution in [2.75, 3.05) is 13.2 Å². The van der Waals surface area contributed by atoms with Gasteiger partial charge < -0.3 is 19.5 Å². The van der Waals surface area contributed by atoms with Crippen LogP contribution in [0.5, 0.6) is 5.88 Å². The third-order valence-electron chi connectivity index (χ3n) is 7.89. The van der Waals surface area contributed by atoms with Gasteiger partial charge in [-0.3, -0.25) is 15.2 Å². The van der Waals surface area contributed by atoms with Crippen molar-refractivity contribution in [3.63, 3.8) is 0 Å². The summed E-state index contributed by atoms with van der Waals surface area (Å²) in [4.78, 5) is 37.7. The monoisotopic (exact) mass is 638 g/mol. The van der Waals surface area contributed by atoms with Crippen LogP contribution in [0, 0.1) is 10.1 Å². The van der Waals surface area contributed by atoms with Crippen LogP contribution in [0.1, 0.15) is 116 Å². The number of aromatic amines is 1. The molecule has 2 heterocycles. The molecule has 0 fully saturated rings. The number of rotatable bonds is 20. The lowest BCUT2D eigenvalue weighted by atomic mass is 9.80. The molecule has 1 aliphatic rings. The molecule has 0 radical (unpaired) electrons. The number of esters is 2. The number of nitrogens with zero attached hydrogens (tertiary/aromatic N) is 2. The molecule has 1 aromatic carbocycles. The third-order valence-corrected chi connectivity index (χ3v) is 7.89. The van der Waals surface area contributed by atoms with E-state index in [0.29, 0.717) is 35.9 Å². The molecule has 0 amide bonds. The number of ether oxygens (including phenoxy) is 3. The van der Waals surface area contributed by atoms with Crippen LogP contribution in [0.2, 0.25) is 0 Å². The summed E-state index contributed by atoms with van der Waals surface area (Å²) in [5, 5.41) is 22.0. The van der Waals surface area contributed by atoms with E-state index in [-0.39, 0.29) is 23.4 Å². The fraction of sp³-hybridized carbons (Fsp3) is 0.571. The number of hydrogen-bond acceptors (Lipinski definition) is 9. The maximum absolute atomic E-state index is 13.5. The van der Waals surface area contributed by atoms with Crippen LogP contribution in [0.15, 0.2) is 52.9 Å². The smallest absolute Gasteiger partial charge is 0.337 e. The number of unbranched alkanes of at least 4 members (excludes halogenated alkanes) is 8. The number of carbonyl (C=O) groups is 2. The molecular formula is C35H50N4O7. The Balaban J connectivity index is 1.49. The quantitative estimate of drug-likeness (QED) is 0.0648. The SMILES string of the molecule is CCCCCCCCc1cc(OCCCCCCOC(=O)C2=C(C)NC(C)=C(C(=O)OC(C)C)C2c2cccc([N+](=O)[O-])c2)n[nH]1. The van der Waals surface area contributed by atoms with Gasteiger partial charge in [-0.1, -0.05) is 51.2 Å².